The number of fused-ring (bicyclic) bond motifs is 1. The molecule has 0 saturated carbocycles. The Morgan fingerprint density at radius 3 is 3.06 bits per heavy atom. The molecular weight excluding hydrogens is 208 g/mol. The molecule has 2 rings (SSSR count). The highest BCUT2D eigenvalue weighted by molar-refractivity contribution is 5.81. The molecule has 7 nitrogen and oxygen atoms in total. The maximum Gasteiger partial charge on any atom is 0.239 e. The largest absolute Gasteiger partial charge is 0.358 e. The highest BCUT2D eigenvalue weighted by Crippen LogP contribution is 2.11. The van der Waals surface area contributed by atoms with E-state index in [9.17, 15) is 4.79 Å². The van der Waals surface area contributed by atoms with E-state index in [-0.39, 0.29) is 12.5 Å². The van der Waals surface area contributed by atoms with Gasteiger partial charge in [-0.15, -0.1) is 10.2 Å². The van der Waals surface area contributed by atoms with Crippen molar-refractivity contribution in [3.63, 3.8) is 0 Å². The van der Waals surface area contributed by atoms with Gasteiger partial charge in [-0.2, -0.15) is 0 Å². The first-order valence-corrected chi connectivity index (χ1v) is 4.83. The number of likely N-dealkylation sites (N-methyl/N-ethyl adjacent to an activating group) is 1. The zero-order valence-electron chi connectivity index (χ0n) is 9.06. The monoisotopic (exact) mass is 220 g/mol. The maximum atomic E-state index is 11.1. The van der Waals surface area contributed by atoms with Gasteiger partial charge in [-0.25, -0.2) is 4.98 Å². The molecule has 16 heavy (non-hydrogen) atoms. The average molecular weight is 220 g/mol. The van der Waals surface area contributed by atoms with Gasteiger partial charge in [0.15, 0.2) is 5.82 Å². The maximum absolute atomic E-state index is 11.1. The van der Waals surface area contributed by atoms with Gasteiger partial charge in [0.05, 0.1) is 6.54 Å². The zero-order valence-corrected chi connectivity index (χ0v) is 9.06. The van der Waals surface area contributed by atoms with Gasteiger partial charge < -0.3 is 10.6 Å². The molecule has 2 aromatic rings. The average Bonchev–Trinajstić information content (AvgIpc) is 2.69. The van der Waals surface area contributed by atoms with Crippen LogP contribution in [0.25, 0.3) is 5.65 Å². The van der Waals surface area contributed by atoms with Crippen molar-refractivity contribution in [1.82, 2.24) is 24.9 Å². The van der Waals surface area contributed by atoms with Gasteiger partial charge in [-0.1, -0.05) is 0 Å². The number of carbonyl (C=O) groups is 1. The number of aryl methyl sites for hydroxylation is 1. The molecule has 0 aromatic carbocycles. The number of nitrogens with one attached hydrogen (secondary N) is 2. The Bertz CT molecular complexity index is 520. The Balaban J connectivity index is 2.27. The smallest absolute Gasteiger partial charge is 0.239 e. The van der Waals surface area contributed by atoms with Crippen LogP contribution >= 0.6 is 0 Å². The summed E-state index contributed by atoms with van der Waals surface area (Å²) >= 11 is 0. The normalized spacial score (nSPS) is 10.4. The van der Waals surface area contributed by atoms with E-state index in [1.807, 2.05) is 6.92 Å². The van der Waals surface area contributed by atoms with E-state index >= 15 is 0 Å². The number of nitrogens with zero attached hydrogens (tertiary/aromatic N) is 4. The predicted octanol–water partition coefficient (Wildman–Crippen LogP) is -0.409. The fraction of sp³-hybridized carbons (Fsp3) is 0.333. The van der Waals surface area contributed by atoms with Crippen molar-refractivity contribution in [2.45, 2.75) is 6.92 Å². The molecule has 0 aliphatic heterocycles. The van der Waals surface area contributed by atoms with Gasteiger partial charge in [0.25, 0.3) is 0 Å². The number of carbonyl (C=O) groups excluding carboxylic acids is 1. The quantitative estimate of drug-likeness (QED) is 0.734. The summed E-state index contributed by atoms with van der Waals surface area (Å²) in [6.07, 6.45) is 3.41. The molecule has 0 spiro atoms. The number of anilines is 1. The van der Waals surface area contributed by atoms with Crippen LogP contribution < -0.4 is 10.6 Å². The van der Waals surface area contributed by atoms with Crippen LogP contribution in [-0.2, 0) is 4.79 Å². The summed E-state index contributed by atoms with van der Waals surface area (Å²) < 4.78 is 1.80. The van der Waals surface area contributed by atoms with Crippen molar-refractivity contribution in [2.24, 2.45) is 0 Å². The van der Waals surface area contributed by atoms with Crippen molar-refractivity contribution in [1.29, 1.82) is 0 Å². The van der Waals surface area contributed by atoms with Gasteiger partial charge >= 0.3 is 0 Å². The first kappa shape index (κ1) is 10.3. The summed E-state index contributed by atoms with van der Waals surface area (Å²) in [5, 5.41) is 13.3. The minimum atomic E-state index is -0.111. The highest BCUT2D eigenvalue weighted by Gasteiger charge is 2.07. The lowest BCUT2D eigenvalue weighted by atomic mass is 10.5. The van der Waals surface area contributed by atoms with Gasteiger partial charge in [-0.05, 0) is 6.92 Å². The molecule has 1 amide bonds. The third kappa shape index (κ3) is 1.79. The minimum absolute atomic E-state index is 0.111. The summed E-state index contributed by atoms with van der Waals surface area (Å²) in [6, 6.07) is 0. The minimum Gasteiger partial charge on any atom is -0.358 e. The molecule has 0 aliphatic carbocycles. The second-order valence-electron chi connectivity index (χ2n) is 3.24. The van der Waals surface area contributed by atoms with Crippen LogP contribution in [-0.4, -0.2) is 39.1 Å². The number of rotatable bonds is 3. The van der Waals surface area contributed by atoms with Gasteiger partial charge in [0.2, 0.25) is 11.6 Å². The molecule has 0 bridgehead atoms. The van der Waals surface area contributed by atoms with E-state index in [0.717, 1.165) is 5.82 Å². The number of amides is 1. The number of hydrogen-bond donors (Lipinski definition) is 2. The molecule has 2 heterocycles. The third-order valence-corrected chi connectivity index (χ3v) is 2.19. The summed E-state index contributed by atoms with van der Waals surface area (Å²) in [5.41, 5.74) is 0.615. The fourth-order valence-corrected chi connectivity index (χ4v) is 1.32. The number of hydrogen-bond acceptors (Lipinski definition) is 5. The molecule has 0 aliphatic rings. The van der Waals surface area contributed by atoms with E-state index in [1.54, 1.807) is 23.8 Å². The fourth-order valence-electron chi connectivity index (χ4n) is 1.32. The van der Waals surface area contributed by atoms with Gasteiger partial charge in [-0.3, -0.25) is 9.20 Å². The van der Waals surface area contributed by atoms with Crippen molar-refractivity contribution < 1.29 is 4.79 Å². The van der Waals surface area contributed by atoms with E-state index in [2.05, 4.69) is 25.8 Å². The Morgan fingerprint density at radius 2 is 2.31 bits per heavy atom. The molecule has 2 aromatic heterocycles. The molecule has 0 fully saturated rings. The topological polar surface area (TPSA) is 84.2 Å². The van der Waals surface area contributed by atoms with Crippen LogP contribution in [0.3, 0.4) is 0 Å². The first-order valence-electron chi connectivity index (χ1n) is 4.83. The molecule has 0 unspecified atom stereocenters. The van der Waals surface area contributed by atoms with E-state index in [4.69, 9.17) is 0 Å². The van der Waals surface area contributed by atoms with Crippen molar-refractivity contribution in [3.05, 3.63) is 18.2 Å². The molecule has 84 valence electrons. The molecule has 0 saturated heterocycles. The third-order valence-electron chi connectivity index (χ3n) is 2.19. The van der Waals surface area contributed by atoms with Crippen LogP contribution in [0.15, 0.2) is 12.4 Å². The van der Waals surface area contributed by atoms with Crippen molar-refractivity contribution in [3.8, 4) is 0 Å². The summed E-state index contributed by atoms with van der Waals surface area (Å²) in [6.45, 7) is 2.01. The molecular formula is C9H12N6O. The second-order valence-corrected chi connectivity index (χ2v) is 3.24. The predicted molar refractivity (Wildman–Crippen MR) is 58.1 cm³/mol. The number of aromatic nitrogens is 4. The Hall–Kier alpha value is -2.18. The lowest BCUT2D eigenvalue weighted by molar-refractivity contribution is -0.118. The molecule has 2 N–H and O–H groups in total. The Morgan fingerprint density at radius 1 is 1.50 bits per heavy atom. The first-order chi connectivity index (χ1) is 7.72. The zero-order chi connectivity index (χ0) is 11.5. The Kier molecular flexibility index (Phi) is 2.67. The second kappa shape index (κ2) is 4.13. The van der Waals surface area contributed by atoms with Crippen LogP contribution in [0.1, 0.15) is 5.82 Å². The van der Waals surface area contributed by atoms with Crippen molar-refractivity contribution in [2.75, 3.05) is 18.9 Å². The van der Waals surface area contributed by atoms with Crippen LogP contribution in [0.2, 0.25) is 0 Å². The standard InChI is InChI=1S/C9H12N6O/c1-6-13-14-9-8(11-3-4-15(6)9)12-5-7(16)10-2/h3-4H,5H2,1-2H3,(H,10,16)(H,11,12). The summed E-state index contributed by atoms with van der Waals surface area (Å²) in [7, 11) is 1.58. The molecule has 0 radical (unpaired) electrons. The Labute approximate surface area is 91.9 Å². The summed E-state index contributed by atoms with van der Waals surface area (Å²) in [5.74, 6) is 1.21. The van der Waals surface area contributed by atoms with E-state index < -0.39 is 0 Å². The SMILES string of the molecule is CNC(=O)CNc1nccn2c(C)nnc12. The van der Waals surface area contributed by atoms with Crippen LogP contribution in [0, 0.1) is 6.92 Å². The molecule has 7 heteroatoms. The van der Waals surface area contributed by atoms with Crippen LogP contribution in [0.5, 0.6) is 0 Å². The van der Waals surface area contributed by atoms with E-state index in [0.29, 0.717) is 11.5 Å². The summed E-state index contributed by atoms with van der Waals surface area (Å²) in [4.78, 5) is 15.2. The van der Waals surface area contributed by atoms with Crippen molar-refractivity contribution >= 4 is 17.4 Å². The molecule has 0 atom stereocenters. The van der Waals surface area contributed by atoms with Crippen LogP contribution in [0.4, 0.5) is 5.82 Å². The van der Waals surface area contributed by atoms with E-state index in [1.165, 1.54) is 0 Å². The lowest BCUT2D eigenvalue weighted by Gasteiger charge is -2.04. The lowest BCUT2D eigenvalue weighted by Crippen LogP contribution is -2.26. The van der Waals surface area contributed by atoms with Gasteiger partial charge in [0, 0.05) is 19.4 Å². The highest BCUT2D eigenvalue weighted by atomic mass is 16.1. The van der Waals surface area contributed by atoms with Gasteiger partial charge in [0.1, 0.15) is 5.82 Å².